The monoisotopic (exact) mass is 342 g/mol. The van der Waals surface area contributed by atoms with Crippen LogP contribution in [0.4, 0.5) is 11.6 Å². The van der Waals surface area contributed by atoms with E-state index in [9.17, 15) is 4.79 Å². The second-order valence-corrected chi connectivity index (χ2v) is 6.52. The maximum Gasteiger partial charge on any atom is 0.254 e. The Morgan fingerprint density at radius 3 is 2.44 bits per heavy atom. The Balaban J connectivity index is 2.00. The van der Waals surface area contributed by atoms with Gasteiger partial charge in [0.1, 0.15) is 5.75 Å². The van der Waals surface area contributed by atoms with E-state index in [2.05, 4.69) is 34.4 Å². The van der Waals surface area contributed by atoms with Crippen LogP contribution in [-0.4, -0.2) is 28.5 Å². The summed E-state index contributed by atoms with van der Waals surface area (Å²) in [5.74, 6) is 1.54. The molecule has 134 valence electrons. The van der Waals surface area contributed by atoms with Gasteiger partial charge in [-0.1, -0.05) is 26.0 Å². The molecule has 0 aliphatic rings. The fourth-order valence-corrected chi connectivity index (χ4v) is 2.13. The fraction of sp³-hybridized carbons (Fsp3) is 0.421. The molecule has 0 spiro atoms. The Morgan fingerprint density at radius 1 is 1.12 bits per heavy atom. The highest BCUT2D eigenvalue weighted by Crippen LogP contribution is 2.26. The standard InChI is InChI=1S/C19H26N4O2/c1-13(2)9-10-20-18(24)15-11-21-19(22-12-15)23-16-7-5-6-8-17(16)25-14(3)4/h5-8,11-14H,9-10H2,1-4H3,(H,20,24)(H,21,22,23). The second-order valence-electron chi connectivity index (χ2n) is 6.52. The normalized spacial score (nSPS) is 10.8. The maximum absolute atomic E-state index is 12.0. The van der Waals surface area contributed by atoms with E-state index in [1.807, 2.05) is 38.1 Å². The Labute approximate surface area is 149 Å². The summed E-state index contributed by atoms with van der Waals surface area (Å²) in [4.78, 5) is 20.5. The number of ether oxygens (including phenoxy) is 1. The summed E-state index contributed by atoms with van der Waals surface area (Å²) in [5, 5.41) is 5.99. The smallest absolute Gasteiger partial charge is 0.254 e. The van der Waals surface area contributed by atoms with Crippen LogP contribution in [0.25, 0.3) is 0 Å². The minimum atomic E-state index is -0.157. The van der Waals surface area contributed by atoms with Crippen molar-refractivity contribution in [1.82, 2.24) is 15.3 Å². The van der Waals surface area contributed by atoms with E-state index >= 15 is 0 Å². The zero-order valence-corrected chi connectivity index (χ0v) is 15.2. The van der Waals surface area contributed by atoms with Crippen LogP contribution < -0.4 is 15.4 Å². The topological polar surface area (TPSA) is 76.1 Å². The largest absolute Gasteiger partial charge is 0.489 e. The highest BCUT2D eigenvalue weighted by atomic mass is 16.5. The lowest BCUT2D eigenvalue weighted by atomic mass is 10.1. The van der Waals surface area contributed by atoms with Gasteiger partial charge in [0.2, 0.25) is 5.95 Å². The molecule has 6 heteroatoms. The molecule has 0 aliphatic heterocycles. The first-order chi connectivity index (χ1) is 12.0. The first-order valence-electron chi connectivity index (χ1n) is 8.58. The third-order valence-corrected chi connectivity index (χ3v) is 3.42. The molecule has 1 aromatic carbocycles. The summed E-state index contributed by atoms with van der Waals surface area (Å²) in [5.41, 5.74) is 1.23. The van der Waals surface area contributed by atoms with Gasteiger partial charge < -0.3 is 15.4 Å². The van der Waals surface area contributed by atoms with Crippen LogP contribution in [-0.2, 0) is 0 Å². The number of anilines is 2. The first kappa shape index (κ1) is 18.7. The molecular weight excluding hydrogens is 316 g/mol. The van der Waals surface area contributed by atoms with E-state index in [0.29, 0.717) is 24.0 Å². The summed E-state index contributed by atoms with van der Waals surface area (Å²) < 4.78 is 5.76. The average Bonchev–Trinajstić information content (AvgIpc) is 2.56. The minimum Gasteiger partial charge on any atom is -0.489 e. The quantitative estimate of drug-likeness (QED) is 0.763. The molecule has 0 aliphatic carbocycles. The Bertz CT molecular complexity index is 684. The molecule has 1 heterocycles. The highest BCUT2D eigenvalue weighted by Gasteiger charge is 2.09. The van der Waals surface area contributed by atoms with Crippen molar-refractivity contribution in [3.63, 3.8) is 0 Å². The van der Waals surface area contributed by atoms with Crippen LogP contribution in [0.15, 0.2) is 36.7 Å². The number of amides is 1. The van der Waals surface area contributed by atoms with Crippen molar-refractivity contribution in [2.75, 3.05) is 11.9 Å². The van der Waals surface area contributed by atoms with E-state index in [1.54, 1.807) is 0 Å². The van der Waals surface area contributed by atoms with Crippen LogP contribution in [0.1, 0.15) is 44.5 Å². The first-order valence-corrected chi connectivity index (χ1v) is 8.58. The zero-order chi connectivity index (χ0) is 18.2. The molecule has 0 fully saturated rings. The predicted octanol–water partition coefficient (Wildman–Crippen LogP) is 3.78. The number of hydrogen-bond donors (Lipinski definition) is 2. The minimum absolute atomic E-state index is 0.0702. The maximum atomic E-state index is 12.0. The number of nitrogens with one attached hydrogen (secondary N) is 2. The molecule has 1 aromatic heterocycles. The van der Waals surface area contributed by atoms with Crippen molar-refractivity contribution < 1.29 is 9.53 Å². The van der Waals surface area contributed by atoms with Gasteiger partial charge in [-0.2, -0.15) is 0 Å². The lowest BCUT2D eigenvalue weighted by Gasteiger charge is -2.14. The molecular formula is C19H26N4O2. The Hall–Kier alpha value is -2.63. The van der Waals surface area contributed by atoms with Crippen molar-refractivity contribution in [2.45, 2.75) is 40.2 Å². The lowest BCUT2D eigenvalue weighted by molar-refractivity contribution is 0.0951. The van der Waals surface area contributed by atoms with Gasteiger partial charge in [0.15, 0.2) is 0 Å². The van der Waals surface area contributed by atoms with Crippen LogP contribution in [0.2, 0.25) is 0 Å². The summed E-state index contributed by atoms with van der Waals surface area (Å²) in [7, 11) is 0. The second kappa shape index (κ2) is 9.01. The van der Waals surface area contributed by atoms with Gasteiger partial charge in [-0.15, -0.1) is 0 Å². The number of carbonyl (C=O) groups excluding carboxylic acids is 1. The van der Waals surface area contributed by atoms with Gasteiger partial charge >= 0.3 is 0 Å². The molecule has 0 atom stereocenters. The van der Waals surface area contributed by atoms with Crippen molar-refractivity contribution in [3.05, 3.63) is 42.2 Å². The summed E-state index contributed by atoms with van der Waals surface area (Å²) in [6.45, 7) is 8.84. The van der Waals surface area contributed by atoms with Crippen LogP contribution in [0, 0.1) is 5.92 Å². The molecule has 25 heavy (non-hydrogen) atoms. The molecule has 1 amide bonds. The summed E-state index contributed by atoms with van der Waals surface area (Å²) in [6.07, 6.45) is 4.05. The van der Waals surface area contributed by atoms with E-state index in [0.717, 1.165) is 17.9 Å². The average molecular weight is 342 g/mol. The van der Waals surface area contributed by atoms with E-state index in [4.69, 9.17) is 4.74 Å². The van der Waals surface area contributed by atoms with Crippen molar-refractivity contribution in [1.29, 1.82) is 0 Å². The summed E-state index contributed by atoms with van der Waals surface area (Å²) in [6, 6.07) is 7.60. The molecule has 2 aromatic rings. The van der Waals surface area contributed by atoms with E-state index < -0.39 is 0 Å². The number of carbonyl (C=O) groups is 1. The molecule has 2 N–H and O–H groups in total. The Morgan fingerprint density at radius 2 is 1.80 bits per heavy atom. The van der Waals surface area contributed by atoms with E-state index in [-0.39, 0.29) is 12.0 Å². The van der Waals surface area contributed by atoms with Crippen LogP contribution in [0.5, 0.6) is 5.75 Å². The molecule has 6 nitrogen and oxygen atoms in total. The molecule has 0 bridgehead atoms. The van der Waals surface area contributed by atoms with Gasteiger partial charge in [0, 0.05) is 18.9 Å². The summed E-state index contributed by atoms with van der Waals surface area (Å²) >= 11 is 0. The number of benzene rings is 1. The zero-order valence-electron chi connectivity index (χ0n) is 15.2. The van der Waals surface area contributed by atoms with Gasteiger partial charge in [-0.05, 0) is 38.3 Å². The van der Waals surface area contributed by atoms with Crippen LogP contribution in [0.3, 0.4) is 0 Å². The lowest BCUT2D eigenvalue weighted by Crippen LogP contribution is -2.25. The van der Waals surface area contributed by atoms with Gasteiger partial charge in [-0.25, -0.2) is 9.97 Å². The van der Waals surface area contributed by atoms with Crippen molar-refractivity contribution in [2.24, 2.45) is 5.92 Å². The number of hydrogen-bond acceptors (Lipinski definition) is 5. The molecule has 2 rings (SSSR count). The SMILES string of the molecule is CC(C)CCNC(=O)c1cnc(Nc2ccccc2OC(C)C)nc1. The number of nitrogens with zero attached hydrogens (tertiary/aromatic N) is 2. The van der Waals surface area contributed by atoms with Crippen molar-refractivity contribution >= 4 is 17.5 Å². The number of aromatic nitrogens is 2. The Kier molecular flexibility index (Phi) is 6.74. The molecule has 0 radical (unpaired) electrons. The van der Waals surface area contributed by atoms with Gasteiger partial charge in [0.25, 0.3) is 5.91 Å². The third kappa shape index (κ3) is 6.06. The fourth-order valence-electron chi connectivity index (χ4n) is 2.13. The molecule has 0 unspecified atom stereocenters. The van der Waals surface area contributed by atoms with Crippen molar-refractivity contribution in [3.8, 4) is 5.75 Å². The predicted molar refractivity (Wildman–Crippen MR) is 99.3 cm³/mol. The van der Waals surface area contributed by atoms with E-state index in [1.165, 1.54) is 12.4 Å². The molecule has 0 saturated carbocycles. The number of rotatable bonds is 8. The van der Waals surface area contributed by atoms with Crippen LogP contribution >= 0.6 is 0 Å². The van der Waals surface area contributed by atoms with Gasteiger partial charge in [-0.3, -0.25) is 4.79 Å². The van der Waals surface area contributed by atoms with Gasteiger partial charge in [0.05, 0.1) is 17.4 Å². The highest BCUT2D eigenvalue weighted by molar-refractivity contribution is 5.93. The third-order valence-electron chi connectivity index (χ3n) is 3.42. The molecule has 0 saturated heterocycles. The number of para-hydroxylation sites is 2.